The molecule has 5 heteroatoms. The van der Waals surface area contributed by atoms with E-state index in [-0.39, 0.29) is 11.6 Å². The SMILES string of the molecule is CCC(C)N(CC)CCC(=O)Nc1ccc(F)cc1N. The van der Waals surface area contributed by atoms with Gasteiger partial charge < -0.3 is 16.0 Å². The van der Waals surface area contributed by atoms with Gasteiger partial charge in [0, 0.05) is 19.0 Å². The summed E-state index contributed by atoms with van der Waals surface area (Å²) in [5, 5.41) is 2.72. The van der Waals surface area contributed by atoms with Crippen LogP contribution in [0.1, 0.15) is 33.6 Å². The Labute approximate surface area is 120 Å². The van der Waals surface area contributed by atoms with Crippen LogP contribution in [-0.4, -0.2) is 29.9 Å². The molecule has 1 unspecified atom stereocenters. The number of hydrogen-bond acceptors (Lipinski definition) is 3. The maximum atomic E-state index is 12.9. The van der Waals surface area contributed by atoms with Gasteiger partial charge in [-0.3, -0.25) is 4.79 Å². The standard InChI is InChI=1S/C15H24FN3O/c1-4-11(3)19(5-2)9-8-15(20)18-14-7-6-12(16)10-13(14)17/h6-7,10-11H,4-5,8-9,17H2,1-3H3,(H,18,20). The lowest BCUT2D eigenvalue weighted by Gasteiger charge is -2.26. The minimum Gasteiger partial charge on any atom is -0.397 e. The van der Waals surface area contributed by atoms with Gasteiger partial charge in [-0.2, -0.15) is 0 Å². The van der Waals surface area contributed by atoms with Crippen LogP contribution in [0.5, 0.6) is 0 Å². The van der Waals surface area contributed by atoms with Gasteiger partial charge in [-0.1, -0.05) is 13.8 Å². The molecule has 1 aromatic carbocycles. The van der Waals surface area contributed by atoms with Crippen molar-refractivity contribution in [3.05, 3.63) is 24.0 Å². The number of anilines is 2. The number of nitrogen functional groups attached to an aromatic ring is 1. The number of carbonyl (C=O) groups is 1. The molecule has 1 rings (SSSR count). The van der Waals surface area contributed by atoms with Crippen molar-refractivity contribution in [1.29, 1.82) is 0 Å². The highest BCUT2D eigenvalue weighted by Crippen LogP contribution is 2.19. The molecule has 1 amide bonds. The Bertz CT molecular complexity index is 451. The average molecular weight is 281 g/mol. The first-order valence-corrected chi connectivity index (χ1v) is 7.06. The molecule has 1 atom stereocenters. The third-order valence-electron chi connectivity index (χ3n) is 3.53. The summed E-state index contributed by atoms with van der Waals surface area (Å²) in [4.78, 5) is 14.2. The third-order valence-corrected chi connectivity index (χ3v) is 3.53. The second-order valence-electron chi connectivity index (χ2n) is 4.92. The van der Waals surface area contributed by atoms with Gasteiger partial charge in [-0.05, 0) is 38.1 Å². The van der Waals surface area contributed by atoms with E-state index in [1.807, 2.05) is 0 Å². The van der Waals surface area contributed by atoms with E-state index in [4.69, 9.17) is 5.73 Å². The first-order valence-electron chi connectivity index (χ1n) is 7.06. The second kappa shape index (κ2) is 7.85. The number of nitrogens with zero attached hydrogens (tertiary/aromatic N) is 1. The Morgan fingerprint density at radius 1 is 1.45 bits per heavy atom. The molecule has 3 N–H and O–H groups in total. The van der Waals surface area contributed by atoms with Crippen LogP contribution in [-0.2, 0) is 4.79 Å². The molecule has 0 aliphatic heterocycles. The molecule has 20 heavy (non-hydrogen) atoms. The van der Waals surface area contributed by atoms with Gasteiger partial charge in [0.05, 0.1) is 11.4 Å². The Hall–Kier alpha value is -1.62. The molecule has 4 nitrogen and oxygen atoms in total. The number of halogens is 1. The minimum atomic E-state index is -0.408. The van der Waals surface area contributed by atoms with E-state index >= 15 is 0 Å². The molecule has 0 saturated heterocycles. The van der Waals surface area contributed by atoms with Crippen molar-refractivity contribution in [2.75, 3.05) is 24.1 Å². The van der Waals surface area contributed by atoms with Crippen LogP contribution in [0.4, 0.5) is 15.8 Å². The van der Waals surface area contributed by atoms with Crippen molar-refractivity contribution in [1.82, 2.24) is 4.90 Å². The molecule has 0 aliphatic carbocycles. The van der Waals surface area contributed by atoms with Crippen LogP contribution >= 0.6 is 0 Å². The first kappa shape index (κ1) is 16.4. The summed E-state index contributed by atoms with van der Waals surface area (Å²) in [7, 11) is 0. The lowest BCUT2D eigenvalue weighted by molar-refractivity contribution is -0.116. The molecule has 0 heterocycles. The molecule has 0 radical (unpaired) electrons. The van der Waals surface area contributed by atoms with Crippen LogP contribution < -0.4 is 11.1 Å². The number of nitrogens with one attached hydrogen (secondary N) is 1. The summed E-state index contributed by atoms with van der Waals surface area (Å²) >= 11 is 0. The van der Waals surface area contributed by atoms with Crippen molar-refractivity contribution in [2.24, 2.45) is 0 Å². The number of carbonyl (C=O) groups excluding carboxylic acids is 1. The van der Waals surface area contributed by atoms with Gasteiger partial charge in [-0.15, -0.1) is 0 Å². The molecule has 0 fully saturated rings. The number of hydrogen-bond donors (Lipinski definition) is 2. The van der Waals surface area contributed by atoms with E-state index in [1.165, 1.54) is 18.2 Å². The largest absolute Gasteiger partial charge is 0.397 e. The monoisotopic (exact) mass is 281 g/mol. The van der Waals surface area contributed by atoms with E-state index in [2.05, 4.69) is 31.0 Å². The highest BCUT2D eigenvalue weighted by Gasteiger charge is 2.12. The summed E-state index contributed by atoms with van der Waals surface area (Å²) < 4.78 is 12.9. The Balaban J connectivity index is 2.51. The number of nitrogens with two attached hydrogens (primary N) is 1. The molecule has 0 bridgehead atoms. The quantitative estimate of drug-likeness (QED) is 0.756. The highest BCUT2D eigenvalue weighted by atomic mass is 19.1. The topological polar surface area (TPSA) is 58.4 Å². The van der Waals surface area contributed by atoms with Crippen LogP contribution in [0.15, 0.2) is 18.2 Å². The van der Waals surface area contributed by atoms with E-state index in [9.17, 15) is 9.18 Å². The predicted octanol–water partition coefficient (Wildman–Crippen LogP) is 2.86. The van der Waals surface area contributed by atoms with Gasteiger partial charge in [0.15, 0.2) is 0 Å². The Morgan fingerprint density at radius 3 is 2.70 bits per heavy atom. The maximum Gasteiger partial charge on any atom is 0.225 e. The fourth-order valence-electron chi connectivity index (χ4n) is 2.05. The molecule has 0 saturated carbocycles. The van der Waals surface area contributed by atoms with Crippen molar-refractivity contribution in [3.63, 3.8) is 0 Å². The van der Waals surface area contributed by atoms with Gasteiger partial charge in [-0.25, -0.2) is 4.39 Å². The van der Waals surface area contributed by atoms with Gasteiger partial charge in [0.1, 0.15) is 5.82 Å². The highest BCUT2D eigenvalue weighted by molar-refractivity contribution is 5.93. The van der Waals surface area contributed by atoms with Crippen LogP contribution in [0.2, 0.25) is 0 Å². The van der Waals surface area contributed by atoms with Crippen LogP contribution in [0, 0.1) is 5.82 Å². The maximum absolute atomic E-state index is 12.9. The fourth-order valence-corrected chi connectivity index (χ4v) is 2.05. The first-order chi connectivity index (χ1) is 9.47. The summed E-state index contributed by atoms with van der Waals surface area (Å²) in [6, 6.07) is 4.43. The minimum absolute atomic E-state index is 0.106. The molecule has 112 valence electrons. The lowest BCUT2D eigenvalue weighted by atomic mass is 10.2. The molecule has 0 spiro atoms. The summed E-state index contributed by atoms with van der Waals surface area (Å²) in [5.74, 6) is -0.514. The molecular weight excluding hydrogens is 257 g/mol. The van der Waals surface area contributed by atoms with Crippen molar-refractivity contribution in [3.8, 4) is 0 Å². The second-order valence-corrected chi connectivity index (χ2v) is 4.92. The average Bonchev–Trinajstić information content (AvgIpc) is 2.42. The van der Waals surface area contributed by atoms with Crippen LogP contribution in [0.25, 0.3) is 0 Å². The Morgan fingerprint density at radius 2 is 2.15 bits per heavy atom. The van der Waals surface area contributed by atoms with Crippen LogP contribution in [0.3, 0.4) is 0 Å². The number of amides is 1. The van der Waals surface area contributed by atoms with Crippen molar-refractivity contribution < 1.29 is 9.18 Å². The van der Waals surface area contributed by atoms with Gasteiger partial charge in [0.25, 0.3) is 0 Å². The zero-order chi connectivity index (χ0) is 15.1. The predicted molar refractivity (Wildman–Crippen MR) is 81.1 cm³/mol. The molecular formula is C15H24FN3O. The lowest BCUT2D eigenvalue weighted by Crippen LogP contribution is -2.35. The van der Waals surface area contributed by atoms with E-state index < -0.39 is 5.82 Å². The molecule has 0 aromatic heterocycles. The van der Waals surface area contributed by atoms with E-state index in [1.54, 1.807) is 0 Å². The van der Waals surface area contributed by atoms with Crippen molar-refractivity contribution >= 4 is 17.3 Å². The summed E-state index contributed by atoms with van der Waals surface area (Å²) in [5.41, 5.74) is 6.36. The zero-order valence-corrected chi connectivity index (χ0v) is 12.4. The smallest absolute Gasteiger partial charge is 0.225 e. The van der Waals surface area contributed by atoms with Gasteiger partial charge >= 0.3 is 0 Å². The fraction of sp³-hybridized carbons (Fsp3) is 0.533. The van der Waals surface area contributed by atoms with Gasteiger partial charge in [0.2, 0.25) is 5.91 Å². The van der Waals surface area contributed by atoms with E-state index in [0.717, 1.165) is 13.0 Å². The normalized spacial score (nSPS) is 12.4. The molecule has 1 aromatic rings. The number of benzene rings is 1. The number of rotatable bonds is 7. The third kappa shape index (κ3) is 4.81. The van der Waals surface area contributed by atoms with E-state index in [0.29, 0.717) is 24.7 Å². The van der Waals surface area contributed by atoms with Crippen molar-refractivity contribution in [2.45, 2.75) is 39.7 Å². The zero-order valence-electron chi connectivity index (χ0n) is 12.4. The summed E-state index contributed by atoms with van der Waals surface area (Å²) in [6.45, 7) is 7.99. The summed E-state index contributed by atoms with van der Waals surface area (Å²) in [6.07, 6.45) is 1.45. The Kier molecular flexibility index (Phi) is 6.45. The molecule has 0 aliphatic rings.